The number of benzene rings is 1. The Labute approximate surface area is 111 Å². The van der Waals surface area contributed by atoms with E-state index in [0.717, 1.165) is 5.39 Å². The summed E-state index contributed by atoms with van der Waals surface area (Å²) in [5.74, 6) is 1.24. The minimum Gasteiger partial charge on any atom is -0.497 e. The Morgan fingerprint density at radius 1 is 1.22 bits per heavy atom. The zero-order valence-corrected chi connectivity index (χ0v) is 10.9. The molecule has 1 aromatic heterocycles. The van der Waals surface area contributed by atoms with Crippen LogP contribution in [0.5, 0.6) is 11.5 Å². The van der Waals surface area contributed by atoms with Crippen LogP contribution in [0, 0.1) is 5.41 Å². The minimum atomic E-state index is -0.0650. The quantitative estimate of drug-likeness (QED) is 0.658. The number of pyridine rings is 1. The number of aromatic nitrogens is 1. The first-order chi connectivity index (χ1) is 8.15. The fourth-order valence-corrected chi connectivity index (χ4v) is 1.60. The summed E-state index contributed by atoms with van der Waals surface area (Å²) in [5, 5.41) is 8.25. The van der Waals surface area contributed by atoms with Crippen molar-refractivity contribution in [1.82, 2.24) is 4.98 Å². The van der Waals surface area contributed by atoms with Crippen molar-refractivity contribution >= 4 is 29.1 Å². The van der Waals surface area contributed by atoms with Gasteiger partial charge in [-0.05, 0) is 12.1 Å². The van der Waals surface area contributed by atoms with E-state index in [1.54, 1.807) is 26.4 Å². The molecule has 6 heteroatoms. The molecule has 0 aliphatic rings. The number of nitrogens with one attached hydrogen (secondary N) is 1. The van der Waals surface area contributed by atoms with Gasteiger partial charge in [0.1, 0.15) is 28.5 Å². The van der Waals surface area contributed by atoms with Crippen LogP contribution in [-0.2, 0) is 0 Å². The molecule has 18 heavy (non-hydrogen) atoms. The first-order valence-corrected chi connectivity index (χ1v) is 5.03. The molecule has 1 aromatic carbocycles. The lowest BCUT2D eigenvalue weighted by Crippen LogP contribution is -2.13. The van der Waals surface area contributed by atoms with E-state index in [1.807, 2.05) is 12.1 Å². The van der Waals surface area contributed by atoms with Crippen molar-refractivity contribution in [1.29, 1.82) is 5.41 Å². The van der Waals surface area contributed by atoms with Crippen molar-refractivity contribution in [3.8, 4) is 11.5 Å². The second-order valence-electron chi connectivity index (χ2n) is 3.51. The first kappa shape index (κ1) is 14.1. The van der Waals surface area contributed by atoms with Crippen molar-refractivity contribution in [3.63, 3.8) is 0 Å². The molecule has 0 amide bonds. The second-order valence-corrected chi connectivity index (χ2v) is 3.51. The number of hydrogen-bond donors (Lipinski definition) is 2. The summed E-state index contributed by atoms with van der Waals surface area (Å²) in [6.45, 7) is 0. The highest BCUT2D eigenvalue weighted by Crippen LogP contribution is 2.29. The Hall–Kier alpha value is -2.01. The average Bonchev–Trinajstić information content (AvgIpc) is 2.36. The van der Waals surface area contributed by atoms with Gasteiger partial charge in [0.15, 0.2) is 0 Å². The average molecular weight is 268 g/mol. The maximum atomic E-state index is 7.37. The summed E-state index contributed by atoms with van der Waals surface area (Å²) < 4.78 is 10.4. The third kappa shape index (κ3) is 2.46. The predicted molar refractivity (Wildman–Crippen MR) is 73.1 cm³/mol. The predicted octanol–water partition coefficient (Wildman–Crippen LogP) is 1.96. The zero-order chi connectivity index (χ0) is 12.4. The number of nitrogens with two attached hydrogens (primary N) is 1. The van der Waals surface area contributed by atoms with Gasteiger partial charge in [0.25, 0.3) is 0 Å². The van der Waals surface area contributed by atoms with Gasteiger partial charge >= 0.3 is 0 Å². The molecule has 0 fully saturated rings. The summed E-state index contributed by atoms with van der Waals surface area (Å²) in [7, 11) is 3.16. The molecule has 2 aromatic rings. The maximum absolute atomic E-state index is 7.37. The minimum absolute atomic E-state index is 0. The highest BCUT2D eigenvalue weighted by molar-refractivity contribution is 5.96. The molecule has 3 N–H and O–H groups in total. The summed E-state index contributed by atoms with van der Waals surface area (Å²) in [4.78, 5) is 4.29. The molecule has 5 nitrogen and oxygen atoms in total. The molecule has 0 saturated heterocycles. The maximum Gasteiger partial charge on any atom is 0.148 e. The Morgan fingerprint density at radius 2 is 1.94 bits per heavy atom. The van der Waals surface area contributed by atoms with Crippen LogP contribution in [0.15, 0.2) is 24.3 Å². The lowest BCUT2D eigenvalue weighted by molar-refractivity contribution is 0.397. The van der Waals surface area contributed by atoms with Crippen molar-refractivity contribution in [2.45, 2.75) is 0 Å². The normalized spacial score (nSPS) is 9.67. The molecule has 0 bridgehead atoms. The number of methoxy groups -OCH3 is 2. The molecule has 0 unspecified atom stereocenters. The molecule has 0 aliphatic heterocycles. The van der Waals surface area contributed by atoms with Crippen LogP contribution in [0.1, 0.15) is 5.69 Å². The monoisotopic (exact) mass is 267 g/mol. The Kier molecular flexibility index (Phi) is 4.33. The molecule has 0 atom stereocenters. The number of halogens is 1. The van der Waals surface area contributed by atoms with Gasteiger partial charge in [-0.15, -0.1) is 12.4 Å². The lowest BCUT2D eigenvalue weighted by atomic mass is 10.1. The SMILES string of the molecule is COc1cc(OC)c2nc(C(=N)N)ccc2c1.Cl. The van der Waals surface area contributed by atoms with Crippen molar-refractivity contribution in [2.24, 2.45) is 5.73 Å². The number of fused-ring (bicyclic) bond motifs is 1. The summed E-state index contributed by atoms with van der Waals surface area (Å²) in [6.07, 6.45) is 0. The van der Waals surface area contributed by atoms with Gasteiger partial charge in [0.2, 0.25) is 0 Å². The van der Waals surface area contributed by atoms with Crippen LogP contribution in [-0.4, -0.2) is 25.0 Å². The van der Waals surface area contributed by atoms with Gasteiger partial charge in [-0.3, -0.25) is 5.41 Å². The molecular formula is C12H14ClN3O2. The van der Waals surface area contributed by atoms with Gasteiger partial charge in [0.05, 0.1) is 14.2 Å². The van der Waals surface area contributed by atoms with Crippen LogP contribution in [0.3, 0.4) is 0 Å². The Morgan fingerprint density at radius 3 is 2.50 bits per heavy atom. The molecule has 96 valence electrons. The van der Waals surface area contributed by atoms with E-state index < -0.39 is 0 Å². The number of nitrogen functional groups attached to an aromatic ring is 1. The van der Waals surface area contributed by atoms with Crippen molar-refractivity contribution in [3.05, 3.63) is 30.0 Å². The zero-order valence-electron chi connectivity index (χ0n) is 10.1. The Bertz CT molecular complexity index is 587. The third-order valence-electron chi connectivity index (χ3n) is 2.46. The molecule has 0 spiro atoms. The van der Waals surface area contributed by atoms with Crippen LogP contribution in [0.2, 0.25) is 0 Å². The van der Waals surface area contributed by atoms with Crippen molar-refractivity contribution < 1.29 is 9.47 Å². The number of amidine groups is 1. The summed E-state index contributed by atoms with van der Waals surface area (Å²) in [6, 6.07) is 7.14. The molecule has 1 heterocycles. The van der Waals surface area contributed by atoms with Gasteiger partial charge < -0.3 is 15.2 Å². The summed E-state index contributed by atoms with van der Waals surface area (Å²) >= 11 is 0. The Balaban J connectivity index is 0.00000162. The van der Waals surface area contributed by atoms with Crippen LogP contribution >= 0.6 is 12.4 Å². The lowest BCUT2D eigenvalue weighted by Gasteiger charge is -2.09. The van der Waals surface area contributed by atoms with E-state index in [2.05, 4.69) is 4.98 Å². The standard InChI is InChI=1S/C12H13N3O2.ClH/c1-16-8-5-7-3-4-9(12(13)14)15-11(7)10(6-8)17-2;/h3-6H,1-2H3,(H3,13,14);1H. The van der Waals surface area contributed by atoms with Gasteiger partial charge in [-0.25, -0.2) is 4.98 Å². The van der Waals surface area contributed by atoms with Gasteiger partial charge in [-0.2, -0.15) is 0 Å². The van der Waals surface area contributed by atoms with E-state index in [9.17, 15) is 0 Å². The van der Waals surface area contributed by atoms with Crippen LogP contribution in [0.25, 0.3) is 10.9 Å². The highest BCUT2D eigenvalue weighted by Gasteiger charge is 2.08. The topological polar surface area (TPSA) is 81.2 Å². The van der Waals surface area contributed by atoms with Gasteiger partial charge in [0, 0.05) is 11.5 Å². The van der Waals surface area contributed by atoms with E-state index in [4.69, 9.17) is 20.6 Å². The number of ether oxygens (including phenoxy) is 2. The summed E-state index contributed by atoms with van der Waals surface area (Å²) in [5.41, 5.74) is 6.51. The second kappa shape index (κ2) is 5.55. The molecular weight excluding hydrogens is 254 g/mol. The molecule has 0 radical (unpaired) electrons. The molecule has 2 rings (SSSR count). The van der Waals surface area contributed by atoms with E-state index in [-0.39, 0.29) is 18.2 Å². The van der Waals surface area contributed by atoms with Gasteiger partial charge in [-0.1, -0.05) is 6.07 Å². The fraction of sp³-hybridized carbons (Fsp3) is 0.167. The van der Waals surface area contributed by atoms with Crippen molar-refractivity contribution in [2.75, 3.05) is 14.2 Å². The number of rotatable bonds is 3. The van der Waals surface area contributed by atoms with E-state index in [0.29, 0.717) is 22.7 Å². The van der Waals surface area contributed by atoms with E-state index in [1.165, 1.54) is 0 Å². The largest absolute Gasteiger partial charge is 0.497 e. The number of nitrogens with zero attached hydrogens (tertiary/aromatic N) is 1. The first-order valence-electron chi connectivity index (χ1n) is 5.03. The third-order valence-corrected chi connectivity index (χ3v) is 2.46. The molecule has 0 saturated carbocycles. The number of hydrogen-bond acceptors (Lipinski definition) is 4. The van der Waals surface area contributed by atoms with Crippen LogP contribution < -0.4 is 15.2 Å². The van der Waals surface area contributed by atoms with Crippen LogP contribution in [0.4, 0.5) is 0 Å². The molecule has 0 aliphatic carbocycles. The smallest absolute Gasteiger partial charge is 0.148 e. The fourth-order valence-electron chi connectivity index (χ4n) is 1.60. The highest BCUT2D eigenvalue weighted by atomic mass is 35.5. The van der Waals surface area contributed by atoms with E-state index >= 15 is 0 Å².